The van der Waals surface area contributed by atoms with Crippen molar-refractivity contribution in [2.75, 3.05) is 7.11 Å². The molecule has 3 aromatic rings. The summed E-state index contributed by atoms with van der Waals surface area (Å²) in [6.07, 6.45) is -3.22. The lowest BCUT2D eigenvalue weighted by Crippen LogP contribution is -2.06. The van der Waals surface area contributed by atoms with E-state index in [9.17, 15) is 28.5 Å². The quantitative estimate of drug-likeness (QED) is 0.147. The highest BCUT2D eigenvalue weighted by Gasteiger charge is 2.33. The second-order valence-corrected chi connectivity index (χ2v) is 7.59. The van der Waals surface area contributed by atoms with E-state index in [0.29, 0.717) is 28.3 Å². The van der Waals surface area contributed by atoms with E-state index in [1.807, 2.05) is 0 Å². The normalized spacial score (nSPS) is 11.6. The lowest BCUT2D eigenvalue weighted by Gasteiger charge is -2.13. The molecule has 6 nitrogen and oxygen atoms in total. The molecular formula is C23H13Cl2F3N2O4. The third kappa shape index (κ3) is 5.60. The van der Waals surface area contributed by atoms with Gasteiger partial charge in [-0.05, 0) is 48.0 Å². The molecule has 0 spiro atoms. The van der Waals surface area contributed by atoms with E-state index >= 15 is 0 Å². The van der Waals surface area contributed by atoms with Gasteiger partial charge in [-0.25, -0.2) is 0 Å². The molecule has 34 heavy (non-hydrogen) atoms. The van der Waals surface area contributed by atoms with Crippen LogP contribution < -0.4 is 9.47 Å². The SMILES string of the molecule is COc1cc(/C=C(\C#N)c2ccc(Cl)cc2Cl)ccc1Oc1ccc(C(F)(F)F)cc1[N+](=O)[O-]. The van der Waals surface area contributed by atoms with Crippen molar-refractivity contribution in [2.45, 2.75) is 6.18 Å². The molecule has 0 saturated heterocycles. The Kier molecular flexibility index (Phi) is 7.35. The summed E-state index contributed by atoms with van der Waals surface area (Å²) in [7, 11) is 1.32. The van der Waals surface area contributed by atoms with E-state index in [4.69, 9.17) is 32.7 Å². The van der Waals surface area contributed by atoms with Gasteiger partial charge in [-0.1, -0.05) is 35.3 Å². The van der Waals surface area contributed by atoms with Gasteiger partial charge in [-0.3, -0.25) is 10.1 Å². The average Bonchev–Trinajstić information content (AvgIpc) is 2.78. The van der Waals surface area contributed by atoms with Gasteiger partial charge in [-0.15, -0.1) is 0 Å². The zero-order valence-corrected chi connectivity index (χ0v) is 18.7. The fourth-order valence-electron chi connectivity index (χ4n) is 2.94. The van der Waals surface area contributed by atoms with Gasteiger partial charge in [0, 0.05) is 16.7 Å². The highest BCUT2D eigenvalue weighted by atomic mass is 35.5. The molecular weight excluding hydrogens is 496 g/mol. The first-order valence-electron chi connectivity index (χ1n) is 9.32. The van der Waals surface area contributed by atoms with E-state index in [-0.39, 0.29) is 22.1 Å². The first-order valence-corrected chi connectivity index (χ1v) is 10.1. The molecule has 0 aliphatic heterocycles. The summed E-state index contributed by atoms with van der Waals surface area (Å²) in [6, 6.07) is 13.1. The Morgan fingerprint density at radius 3 is 2.35 bits per heavy atom. The molecule has 0 atom stereocenters. The van der Waals surface area contributed by atoms with E-state index < -0.39 is 28.1 Å². The van der Waals surface area contributed by atoms with Gasteiger partial charge in [0.2, 0.25) is 5.75 Å². The van der Waals surface area contributed by atoms with E-state index in [0.717, 1.165) is 6.07 Å². The fraction of sp³-hybridized carbons (Fsp3) is 0.0870. The third-order valence-electron chi connectivity index (χ3n) is 4.54. The number of allylic oxidation sites excluding steroid dienone is 1. The van der Waals surface area contributed by atoms with Crippen molar-refractivity contribution in [3.05, 3.63) is 91.4 Å². The lowest BCUT2D eigenvalue weighted by atomic mass is 10.0. The van der Waals surface area contributed by atoms with Crippen LogP contribution in [0.5, 0.6) is 17.2 Å². The summed E-state index contributed by atoms with van der Waals surface area (Å²) < 4.78 is 49.6. The van der Waals surface area contributed by atoms with Gasteiger partial charge < -0.3 is 9.47 Å². The van der Waals surface area contributed by atoms with Gasteiger partial charge >= 0.3 is 11.9 Å². The number of nitrogens with zero attached hydrogens (tertiary/aromatic N) is 2. The molecule has 0 amide bonds. The van der Waals surface area contributed by atoms with Crippen LogP contribution in [0.4, 0.5) is 18.9 Å². The molecule has 0 aliphatic rings. The van der Waals surface area contributed by atoms with Crippen molar-refractivity contribution in [3.8, 4) is 23.3 Å². The summed E-state index contributed by atoms with van der Waals surface area (Å²) in [5.74, 6) is -0.252. The van der Waals surface area contributed by atoms with Crippen molar-refractivity contribution in [1.82, 2.24) is 0 Å². The summed E-state index contributed by atoms with van der Waals surface area (Å²) in [5, 5.41) is 21.6. The smallest absolute Gasteiger partial charge is 0.416 e. The summed E-state index contributed by atoms with van der Waals surface area (Å²) in [4.78, 5) is 10.3. The zero-order chi connectivity index (χ0) is 25.0. The number of alkyl halides is 3. The minimum atomic E-state index is -4.75. The number of benzene rings is 3. The van der Waals surface area contributed by atoms with Crippen LogP contribution in [0, 0.1) is 21.4 Å². The number of ether oxygens (including phenoxy) is 2. The molecule has 0 aliphatic carbocycles. The van der Waals surface area contributed by atoms with Crippen LogP contribution in [0.3, 0.4) is 0 Å². The topological polar surface area (TPSA) is 85.4 Å². The maximum atomic E-state index is 12.9. The molecule has 3 aromatic carbocycles. The highest BCUT2D eigenvalue weighted by molar-refractivity contribution is 6.36. The number of halogens is 5. The lowest BCUT2D eigenvalue weighted by molar-refractivity contribution is -0.385. The van der Waals surface area contributed by atoms with Crippen molar-refractivity contribution >= 4 is 40.5 Å². The Bertz CT molecular complexity index is 1330. The summed E-state index contributed by atoms with van der Waals surface area (Å²) in [6.45, 7) is 0. The van der Waals surface area contributed by atoms with Gasteiger partial charge in [0.05, 0.1) is 34.3 Å². The standard InChI is InChI=1S/C23H13Cl2F3N2O4/c1-33-22-9-13(8-14(12-29)17-5-4-16(24)11-18(17)25)2-6-21(22)34-20-7-3-15(23(26,27)28)10-19(20)30(31)32/h2-11H,1H3/b14-8+. The Hall–Kier alpha value is -3.74. The minimum Gasteiger partial charge on any atom is -0.493 e. The molecule has 0 aromatic heterocycles. The Morgan fingerprint density at radius 1 is 1.06 bits per heavy atom. The monoisotopic (exact) mass is 508 g/mol. The highest BCUT2D eigenvalue weighted by Crippen LogP contribution is 2.40. The molecule has 11 heteroatoms. The second kappa shape index (κ2) is 10.0. The van der Waals surface area contributed by atoms with Crippen LogP contribution >= 0.6 is 23.2 Å². The largest absolute Gasteiger partial charge is 0.493 e. The number of methoxy groups -OCH3 is 1. The maximum absolute atomic E-state index is 12.9. The van der Waals surface area contributed by atoms with Crippen LogP contribution in [-0.4, -0.2) is 12.0 Å². The molecule has 0 bridgehead atoms. The number of nitriles is 1. The summed E-state index contributed by atoms with van der Waals surface area (Å²) >= 11 is 12.1. The fourth-order valence-corrected chi connectivity index (χ4v) is 3.45. The van der Waals surface area contributed by atoms with Crippen molar-refractivity contribution in [1.29, 1.82) is 5.26 Å². The van der Waals surface area contributed by atoms with Crippen molar-refractivity contribution < 1.29 is 27.6 Å². The van der Waals surface area contributed by atoms with Crippen LogP contribution in [0.2, 0.25) is 10.0 Å². The molecule has 0 saturated carbocycles. The zero-order valence-electron chi connectivity index (χ0n) is 17.2. The van der Waals surface area contributed by atoms with Crippen molar-refractivity contribution in [3.63, 3.8) is 0 Å². The first kappa shape index (κ1) is 24.9. The van der Waals surface area contributed by atoms with Gasteiger partial charge in [0.15, 0.2) is 11.5 Å². The molecule has 0 unspecified atom stereocenters. The average molecular weight is 509 g/mol. The molecule has 0 radical (unpaired) electrons. The van der Waals surface area contributed by atoms with Crippen molar-refractivity contribution in [2.24, 2.45) is 0 Å². The number of rotatable bonds is 6. The summed E-state index contributed by atoms with van der Waals surface area (Å²) in [5.41, 5.74) is -0.841. The van der Waals surface area contributed by atoms with E-state index in [1.54, 1.807) is 12.1 Å². The number of hydrogen-bond acceptors (Lipinski definition) is 5. The van der Waals surface area contributed by atoms with Gasteiger partial charge in [-0.2, -0.15) is 18.4 Å². The molecule has 0 heterocycles. The Labute approximate surface area is 201 Å². The van der Waals surface area contributed by atoms with E-state index in [2.05, 4.69) is 6.07 Å². The first-order chi connectivity index (χ1) is 16.0. The predicted octanol–water partition coefficient (Wildman–Crippen LogP) is 7.79. The molecule has 0 fully saturated rings. The minimum absolute atomic E-state index is 0.0190. The Balaban J connectivity index is 1.98. The molecule has 174 valence electrons. The van der Waals surface area contributed by atoms with Crippen LogP contribution in [0.1, 0.15) is 16.7 Å². The van der Waals surface area contributed by atoms with Crippen LogP contribution in [-0.2, 0) is 6.18 Å². The van der Waals surface area contributed by atoms with Crippen LogP contribution in [0.15, 0.2) is 54.6 Å². The van der Waals surface area contributed by atoms with Crippen LogP contribution in [0.25, 0.3) is 11.6 Å². The molecule has 0 N–H and O–H groups in total. The third-order valence-corrected chi connectivity index (χ3v) is 5.09. The second-order valence-electron chi connectivity index (χ2n) is 6.74. The maximum Gasteiger partial charge on any atom is 0.416 e. The van der Waals surface area contributed by atoms with Gasteiger partial charge in [0.25, 0.3) is 0 Å². The van der Waals surface area contributed by atoms with Gasteiger partial charge in [0.1, 0.15) is 0 Å². The Morgan fingerprint density at radius 2 is 1.76 bits per heavy atom. The predicted molar refractivity (Wildman–Crippen MR) is 121 cm³/mol. The number of nitro benzene ring substituents is 1. The van der Waals surface area contributed by atoms with E-state index in [1.165, 1.54) is 37.5 Å². The molecule has 3 rings (SSSR count). The number of nitro groups is 1. The number of hydrogen-bond donors (Lipinski definition) is 0.